The lowest BCUT2D eigenvalue weighted by Gasteiger charge is -2.22. The van der Waals surface area contributed by atoms with Crippen molar-refractivity contribution in [3.8, 4) is 5.75 Å². The van der Waals surface area contributed by atoms with E-state index in [0.717, 1.165) is 0 Å². The number of carbonyl (C=O) groups excluding carboxylic acids is 1. The molecular formula is C17H25FO3. The van der Waals surface area contributed by atoms with Gasteiger partial charge in [-0.3, -0.25) is 4.79 Å². The molecular weight excluding hydrogens is 271 g/mol. The number of phenolic OH excluding ortho intramolecular Hbond substituents is 1. The highest BCUT2D eigenvalue weighted by Crippen LogP contribution is 2.22. The van der Waals surface area contributed by atoms with Crippen molar-refractivity contribution >= 4 is 5.97 Å². The molecule has 1 fully saturated rings. The quantitative estimate of drug-likeness (QED) is 0.849. The third-order valence-electron chi connectivity index (χ3n) is 2.75. The van der Waals surface area contributed by atoms with Crippen molar-refractivity contribution in [3.63, 3.8) is 0 Å². The van der Waals surface area contributed by atoms with Gasteiger partial charge in [0.2, 0.25) is 0 Å². The number of esters is 1. The molecule has 1 aromatic rings. The predicted molar refractivity (Wildman–Crippen MR) is 80.6 cm³/mol. The van der Waals surface area contributed by atoms with E-state index in [2.05, 4.69) is 0 Å². The Morgan fingerprint density at radius 1 is 1.33 bits per heavy atom. The Labute approximate surface area is 126 Å². The molecule has 3 nitrogen and oxygen atoms in total. The highest BCUT2D eigenvalue weighted by molar-refractivity contribution is 5.72. The van der Waals surface area contributed by atoms with Gasteiger partial charge in [0.1, 0.15) is 5.60 Å². The van der Waals surface area contributed by atoms with E-state index in [1.165, 1.54) is 25.3 Å². The second kappa shape index (κ2) is 7.43. The zero-order valence-electron chi connectivity index (χ0n) is 13.3. The maximum Gasteiger partial charge on any atom is 0.309 e. The minimum Gasteiger partial charge on any atom is -0.505 e. The van der Waals surface area contributed by atoms with Crippen molar-refractivity contribution in [1.82, 2.24) is 0 Å². The molecule has 1 atom stereocenters. The average Bonchev–Trinajstić information content (AvgIpc) is 3.20. The van der Waals surface area contributed by atoms with Crippen LogP contribution in [0.3, 0.4) is 0 Å². The summed E-state index contributed by atoms with van der Waals surface area (Å²) in [5, 5.41) is 9.25. The Balaban J connectivity index is 0.000000647. The molecule has 0 bridgehead atoms. The van der Waals surface area contributed by atoms with E-state index < -0.39 is 23.1 Å². The third kappa shape index (κ3) is 7.11. The van der Waals surface area contributed by atoms with Gasteiger partial charge < -0.3 is 9.84 Å². The molecule has 4 heteroatoms. The summed E-state index contributed by atoms with van der Waals surface area (Å²) in [6, 6.07) is 4.38. The first kappa shape index (κ1) is 17.5. The molecule has 0 saturated heterocycles. The highest BCUT2D eigenvalue weighted by atomic mass is 19.1. The van der Waals surface area contributed by atoms with Crippen LogP contribution >= 0.6 is 0 Å². The number of aromatic hydroxyl groups is 1. The van der Waals surface area contributed by atoms with Gasteiger partial charge in [0.15, 0.2) is 11.6 Å². The summed E-state index contributed by atoms with van der Waals surface area (Å²) in [6.07, 6.45) is 4.70. The van der Waals surface area contributed by atoms with E-state index in [-0.39, 0.29) is 12.4 Å². The Bertz CT molecular complexity index is 473. The molecule has 0 amide bonds. The van der Waals surface area contributed by atoms with Crippen molar-refractivity contribution in [3.05, 3.63) is 29.6 Å². The maximum absolute atomic E-state index is 13.6. The smallest absolute Gasteiger partial charge is 0.309 e. The number of hydrogen-bond donors (Lipinski definition) is 1. The molecule has 0 aliphatic heterocycles. The lowest BCUT2D eigenvalue weighted by molar-refractivity contribution is -0.159. The van der Waals surface area contributed by atoms with E-state index in [9.17, 15) is 14.3 Å². The molecule has 0 heterocycles. The Morgan fingerprint density at radius 3 is 2.38 bits per heavy atom. The number of halogens is 1. The maximum atomic E-state index is 13.6. The van der Waals surface area contributed by atoms with Crippen molar-refractivity contribution in [2.75, 3.05) is 0 Å². The first-order valence-corrected chi connectivity index (χ1v) is 7.40. The van der Waals surface area contributed by atoms with E-state index >= 15 is 0 Å². The van der Waals surface area contributed by atoms with Gasteiger partial charge in [-0.2, -0.15) is 0 Å². The van der Waals surface area contributed by atoms with Crippen LogP contribution in [0, 0.1) is 11.7 Å². The number of hydrogen-bond acceptors (Lipinski definition) is 3. The fraction of sp³-hybridized carbons (Fsp3) is 0.588. The van der Waals surface area contributed by atoms with Gasteiger partial charge in [-0.05, 0) is 38.8 Å². The molecule has 1 unspecified atom stereocenters. The molecule has 1 N–H and O–H groups in total. The Kier molecular flexibility index (Phi) is 6.19. The van der Waals surface area contributed by atoms with Crippen LogP contribution in [0.25, 0.3) is 0 Å². The SMILES string of the molecule is C1CC1.CC(Cc1cccc(O)c1F)C(=O)OC(C)(C)C. The zero-order valence-corrected chi connectivity index (χ0v) is 13.3. The molecule has 2 rings (SSSR count). The lowest BCUT2D eigenvalue weighted by Crippen LogP contribution is -2.28. The van der Waals surface area contributed by atoms with Gasteiger partial charge in [0.05, 0.1) is 5.92 Å². The molecule has 1 aliphatic carbocycles. The van der Waals surface area contributed by atoms with E-state index in [1.54, 1.807) is 39.8 Å². The van der Waals surface area contributed by atoms with Crippen molar-refractivity contribution in [1.29, 1.82) is 0 Å². The lowest BCUT2D eigenvalue weighted by atomic mass is 10.00. The number of benzene rings is 1. The zero-order chi connectivity index (χ0) is 16.0. The van der Waals surface area contributed by atoms with Crippen LogP contribution in [-0.4, -0.2) is 16.7 Å². The molecule has 1 aromatic carbocycles. The highest BCUT2D eigenvalue weighted by Gasteiger charge is 2.23. The average molecular weight is 296 g/mol. The van der Waals surface area contributed by atoms with Crippen molar-refractivity contribution < 1.29 is 19.0 Å². The third-order valence-corrected chi connectivity index (χ3v) is 2.75. The summed E-state index contributed by atoms with van der Waals surface area (Å²) in [5.41, 5.74) is -0.240. The van der Waals surface area contributed by atoms with E-state index in [4.69, 9.17) is 4.74 Å². The standard InChI is InChI=1S/C14H19FO3.C3H6/c1-9(13(17)18-14(2,3)4)8-10-6-5-7-11(16)12(10)15;1-2-3-1/h5-7,9,16H,8H2,1-4H3;1-3H2. The summed E-state index contributed by atoms with van der Waals surface area (Å²) in [6.45, 7) is 7.03. The van der Waals surface area contributed by atoms with E-state index in [1.807, 2.05) is 0 Å². The van der Waals surface area contributed by atoms with Crippen molar-refractivity contribution in [2.45, 2.75) is 59.0 Å². The molecule has 1 saturated carbocycles. The van der Waals surface area contributed by atoms with Crippen LogP contribution in [0.15, 0.2) is 18.2 Å². The van der Waals surface area contributed by atoms with Crippen LogP contribution in [-0.2, 0) is 16.0 Å². The molecule has 0 radical (unpaired) electrons. The van der Waals surface area contributed by atoms with Crippen LogP contribution < -0.4 is 0 Å². The molecule has 1 aliphatic rings. The fourth-order valence-electron chi connectivity index (χ4n) is 1.54. The van der Waals surface area contributed by atoms with Gasteiger partial charge in [0.25, 0.3) is 0 Å². The van der Waals surface area contributed by atoms with Crippen LogP contribution in [0.4, 0.5) is 4.39 Å². The number of carbonyl (C=O) groups is 1. The van der Waals surface area contributed by atoms with Crippen LogP contribution in [0.5, 0.6) is 5.75 Å². The normalized spacial score (nSPS) is 14.7. The first-order valence-electron chi connectivity index (χ1n) is 7.40. The second-order valence-corrected chi connectivity index (χ2v) is 6.45. The first-order chi connectivity index (χ1) is 9.70. The summed E-state index contributed by atoms with van der Waals surface area (Å²) >= 11 is 0. The fourth-order valence-corrected chi connectivity index (χ4v) is 1.54. The monoisotopic (exact) mass is 296 g/mol. The molecule has 118 valence electrons. The molecule has 0 aromatic heterocycles. The number of rotatable bonds is 3. The van der Waals surface area contributed by atoms with Gasteiger partial charge in [-0.15, -0.1) is 0 Å². The van der Waals surface area contributed by atoms with E-state index in [0.29, 0.717) is 5.56 Å². The number of ether oxygens (including phenoxy) is 1. The summed E-state index contributed by atoms with van der Waals surface area (Å²) in [7, 11) is 0. The Hall–Kier alpha value is -1.58. The van der Waals surface area contributed by atoms with Crippen LogP contribution in [0.1, 0.15) is 52.5 Å². The summed E-state index contributed by atoms with van der Waals surface area (Å²) < 4.78 is 18.8. The summed E-state index contributed by atoms with van der Waals surface area (Å²) in [4.78, 5) is 11.8. The largest absolute Gasteiger partial charge is 0.505 e. The predicted octanol–water partition coefficient (Wildman–Crippen LogP) is 4.22. The topological polar surface area (TPSA) is 46.5 Å². The molecule has 0 spiro atoms. The second-order valence-electron chi connectivity index (χ2n) is 6.45. The Morgan fingerprint density at radius 2 is 1.90 bits per heavy atom. The minimum atomic E-state index is -0.673. The van der Waals surface area contributed by atoms with Gasteiger partial charge >= 0.3 is 5.97 Å². The van der Waals surface area contributed by atoms with Crippen LogP contribution in [0.2, 0.25) is 0 Å². The number of phenols is 1. The summed E-state index contributed by atoms with van der Waals surface area (Å²) in [5.74, 6) is -1.90. The van der Waals surface area contributed by atoms with Gasteiger partial charge in [0, 0.05) is 0 Å². The van der Waals surface area contributed by atoms with Gasteiger partial charge in [-0.25, -0.2) is 4.39 Å². The molecule has 21 heavy (non-hydrogen) atoms. The minimum absolute atomic E-state index is 0.204. The van der Waals surface area contributed by atoms with Crippen molar-refractivity contribution in [2.24, 2.45) is 5.92 Å². The van der Waals surface area contributed by atoms with Gasteiger partial charge in [-0.1, -0.05) is 38.3 Å².